The van der Waals surface area contributed by atoms with Gasteiger partial charge in [0.2, 0.25) is 0 Å². The molecule has 2 aliphatic rings. The number of fused-ring (bicyclic) bond motifs is 1. The Bertz CT molecular complexity index is 1520. The number of carbonyl (C=O) groups is 1. The van der Waals surface area contributed by atoms with Gasteiger partial charge in [-0.3, -0.25) is 4.90 Å². The van der Waals surface area contributed by atoms with Gasteiger partial charge in [0.1, 0.15) is 17.3 Å². The molecule has 7 nitrogen and oxygen atoms in total. The van der Waals surface area contributed by atoms with Crippen LogP contribution >= 0.6 is 23.2 Å². The SMILES string of the molecule is Cn1cc(C(=O)O)c2cc(F)c(N3CCN(CCc4c(-c5c(Cl)cccc5Cl)noc4C4CC4)CC3)cc21. The van der Waals surface area contributed by atoms with Crippen LogP contribution in [0.1, 0.15) is 40.4 Å². The minimum Gasteiger partial charge on any atom is -0.478 e. The molecule has 38 heavy (non-hydrogen) atoms. The van der Waals surface area contributed by atoms with Crippen LogP contribution in [0.2, 0.25) is 10.0 Å². The molecular weight excluding hydrogens is 530 g/mol. The molecular formula is C28H27Cl2FN4O3. The monoisotopic (exact) mass is 556 g/mol. The fourth-order valence-electron chi connectivity index (χ4n) is 5.44. The number of halogens is 3. The summed E-state index contributed by atoms with van der Waals surface area (Å²) in [5, 5.41) is 15.3. The molecule has 10 heteroatoms. The van der Waals surface area contributed by atoms with Crippen molar-refractivity contribution in [3.05, 3.63) is 69.3 Å². The predicted molar refractivity (Wildman–Crippen MR) is 146 cm³/mol. The van der Waals surface area contributed by atoms with Crippen LogP contribution in [0.4, 0.5) is 10.1 Å². The average Bonchev–Trinajstić information content (AvgIpc) is 3.58. The van der Waals surface area contributed by atoms with Gasteiger partial charge in [0.15, 0.2) is 0 Å². The van der Waals surface area contributed by atoms with Crippen molar-refractivity contribution >= 4 is 45.8 Å². The van der Waals surface area contributed by atoms with Crippen LogP contribution in [0, 0.1) is 5.82 Å². The summed E-state index contributed by atoms with van der Waals surface area (Å²) in [7, 11) is 1.78. The van der Waals surface area contributed by atoms with E-state index in [2.05, 4.69) is 10.1 Å². The highest BCUT2D eigenvalue weighted by Gasteiger charge is 2.33. The van der Waals surface area contributed by atoms with E-state index in [-0.39, 0.29) is 5.56 Å². The van der Waals surface area contributed by atoms with Crippen molar-refractivity contribution in [2.75, 3.05) is 37.6 Å². The van der Waals surface area contributed by atoms with Gasteiger partial charge in [0, 0.05) is 68.4 Å². The third-order valence-corrected chi connectivity index (χ3v) is 8.28. The van der Waals surface area contributed by atoms with Crippen LogP contribution in [0.5, 0.6) is 0 Å². The summed E-state index contributed by atoms with van der Waals surface area (Å²) < 4.78 is 22.6. The van der Waals surface area contributed by atoms with Crippen LogP contribution in [-0.2, 0) is 13.5 Å². The van der Waals surface area contributed by atoms with E-state index in [1.807, 2.05) is 23.1 Å². The summed E-state index contributed by atoms with van der Waals surface area (Å²) in [6.07, 6.45) is 4.48. The Morgan fingerprint density at radius 1 is 1.16 bits per heavy atom. The first-order valence-corrected chi connectivity index (χ1v) is 13.5. The van der Waals surface area contributed by atoms with E-state index >= 15 is 4.39 Å². The van der Waals surface area contributed by atoms with Crippen molar-refractivity contribution in [1.29, 1.82) is 0 Å². The van der Waals surface area contributed by atoms with Gasteiger partial charge in [-0.05, 0) is 43.5 Å². The Morgan fingerprint density at radius 3 is 2.53 bits per heavy atom. The molecule has 1 saturated carbocycles. The fraction of sp³-hybridized carbons (Fsp3) is 0.357. The van der Waals surface area contributed by atoms with E-state index in [4.69, 9.17) is 27.7 Å². The van der Waals surface area contributed by atoms with Gasteiger partial charge in [-0.1, -0.05) is 34.4 Å². The maximum Gasteiger partial charge on any atom is 0.337 e. The summed E-state index contributed by atoms with van der Waals surface area (Å²) in [5.74, 6) is -0.122. The number of aromatic nitrogens is 2. The molecule has 3 heterocycles. The first-order valence-electron chi connectivity index (χ1n) is 12.7. The van der Waals surface area contributed by atoms with Crippen molar-refractivity contribution in [3.63, 3.8) is 0 Å². The standard InChI is InChI=1S/C28H27Cl2FN4O3/c1-33-15-19(28(36)37)18-13-22(31)24(14-23(18)33)35-11-9-34(10-12-35)8-7-17-26(32-38-27(17)16-5-6-16)25-20(29)3-2-4-21(25)30/h2-4,13-16H,5-12H2,1H3,(H,36,37). The van der Waals surface area contributed by atoms with Gasteiger partial charge in [-0.2, -0.15) is 0 Å². The van der Waals surface area contributed by atoms with Crippen molar-refractivity contribution in [1.82, 2.24) is 14.6 Å². The predicted octanol–water partition coefficient (Wildman–Crippen LogP) is 6.22. The molecule has 6 rings (SSSR count). The van der Waals surface area contributed by atoms with Crippen molar-refractivity contribution in [2.45, 2.75) is 25.2 Å². The zero-order valence-electron chi connectivity index (χ0n) is 20.9. The molecule has 0 bridgehead atoms. The van der Waals surface area contributed by atoms with Gasteiger partial charge in [-0.25, -0.2) is 9.18 Å². The average molecular weight is 557 g/mol. The van der Waals surface area contributed by atoms with E-state index in [1.54, 1.807) is 17.7 Å². The van der Waals surface area contributed by atoms with Crippen molar-refractivity contribution < 1.29 is 18.8 Å². The summed E-state index contributed by atoms with van der Waals surface area (Å²) in [6, 6.07) is 8.54. The lowest BCUT2D eigenvalue weighted by atomic mass is 10.0. The molecule has 1 N–H and O–H groups in total. The smallest absolute Gasteiger partial charge is 0.337 e. The number of anilines is 1. The van der Waals surface area contributed by atoms with Gasteiger partial charge in [-0.15, -0.1) is 0 Å². The van der Waals surface area contributed by atoms with Crippen LogP contribution in [0.3, 0.4) is 0 Å². The third-order valence-electron chi connectivity index (χ3n) is 7.65. The maximum atomic E-state index is 15.1. The number of benzene rings is 2. The van der Waals surface area contributed by atoms with Crippen LogP contribution in [0.15, 0.2) is 41.1 Å². The molecule has 1 aliphatic heterocycles. The zero-order chi connectivity index (χ0) is 26.6. The number of aromatic carboxylic acids is 1. The minimum atomic E-state index is -1.06. The van der Waals surface area contributed by atoms with Crippen LogP contribution in [0.25, 0.3) is 22.2 Å². The summed E-state index contributed by atoms with van der Waals surface area (Å²) >= 11 is 13.0. The Hall–Kier alpha value is -3.07. The first kappa shape index (κ1) is 25.2. The van der Waals surface area contributed by atoms with E-state index < -0.39 is 11.8 Å². The molecule has 2 fully saturated rings. The van der Waals surface area contributed by atoms with Gasteiger partial charge < -0.3 is 19.1 Å². The molecule has 2 aromatic carbocycles. The Kier molecular flexibility index (Phi) is 6.58. The number of carboxylic acids is 1. The normalized spacial score (nSPS) is 16.5. The molecule has 0 amide bonds. The van der Waals surface area contributed by atoms with Crippen molar-refractivity contribution in [2.24, 2.45) is 7.05 Å². The van der Waals surface area contributed by atoms with Gasteiger partial charge in [0.05, 0.1) is 26.8 Å². The molecule has 0 spiro atoms. The lowest BCUT2D eigenvalue weighted by Crippen LogP contribution is -2.47. The quantitative estimate of drug-likeness (QED) is 0.291. The van der Waals surface area contributed by atoms with E-state index in [0.717, 1.165) is 55.9 Å². The number of rotatable bonds is 7. The number of hydrogen-bond donors (Lipinski definition) is 1. The van der Waals surface area contributed by atoms with Crippen molar-refractivity contribution in [3.8, 4) is 11.3 Å². The van der Waals surface area contributed by atoms with E-state index in [9.17, 15) is 9.90 Å². The second-order valence-corrected chi connectivity index (χ2v) is 10.9. The maximum absolute atomic E-state index is 15.1. The zero-order valence-corrected chi connectivity index (χ0v) is 22.4. The highest BCUT2D eigenvalue weighted by Crippen LogP contribution is 2.46. The number of hydrogen-bond acceptors (Lipinski definition) is 5. The van der Waals surface area contributed by atoms with E-state index in [1.165, 1.54) is 12.3 Å². The lowest BCUT2D eigenvalue weighted by molar-refractivity contribution is 0.0699. The topological polar surface area (TPSA) is 74.7 Å². The van der Waals surface area contributed by atoms with Gasteiger partial charge in [0.25, 0.3) is 0 Å². The summed E-state index contributed by atoms with van der Waals surface area (Å²) in [6.45, 7) is 3.70. The molecule has 2 aromatic heterocycles. The van der Waals surface area contributed by atoms with E-state index in [0.29, 0.717) is 51.2 Å². The molecule has 1 saturated heterocycles. The van der Waals surface area contributed by atoms with Crippen LogP contribution in [-0.4, -0.2) is 58.4 Å². The highest BCUT2D eigenvalue weighted by molar-refractivity contribution is 6.39. The number of aryl methyl sites for hydroxylation is 1. The number of carboxylic acid groups (broad SMARTS) is 1. The number of nitrogens with zero attached hydrogens (tertiary/aromatic N) is 4. The minimum absolute atomic E-state index is 0.106. The lowest BCUT2D eigenvalue weighted by Gasteiger charge is -2.36. The third kappa shape index (κ3) is 4.55. The Labute approximate surface area is 229 Å². The molecule has 1 aliphatic carbocycles. The largest absolute Gasteiger partial charge is 0.478 e. The highest BCUT2D eigenvalue weighted by atomic mass is 35.5. The molecule has 0 radical (unpaired) electrons. The molecule has 0 unspecified atom stereocenters. The summed E-state index contributed by atoms with van der Waals surface area (Å²) in [4.78, 5) is 15.9. The number of piperazine rings is 1. The van der Waals surface area contributed by atoms with Crippen LogP contribution < -0.4 is 4.90 Å². The first-order chi connectivity index (χ1) is 18.3. The fourth-order valence-corrected chi connectivity index (χ4v) is 6.01. The summed E-state index contributed by atoms with van der Waals surface area (Å²) in [5.41, 5.74) is 3.81. The van der Waals surface area contributed by atoms with Gasteiger partial charge >= 0.3 is 5.97 Å². The second-order valence-electron chi connectivity index (χ2n) is 10.1. The Morgan fingerprint density at radius 2 is 1.87 bits per heavy atom. The Balaban J connectivity index is 1.17. The molecule has 198 valence electrons. The molecule has 4 aromatic rings. The molecule has 0 atom stereocenters. The second kappa shape index (κ2) is 9.91.